The molecule has 4 heterocycles. The van der Waals surface area contributed by atoms with E-state index < -0.39 is 29.5 Å². The van der Waals surface area contributed by atoms with Crippen molar-refractivity contribution in [1.82, 2.24) is 19.6 Å². The molecule has 8 amide bonds. The van der Waals surface area contributed by atoms with Crippen molar-refractivity contribution in [2.45, 2.75) is 0 Å². The zero-order valence-corrected chi connectivity index (χ0v) is 24.5. The Balaban J connectivity index is 0.000000569. The fourth-order valence-corrected chi connectivity index (χ4v) is 2.66. The SMILES string of the molecule is [CH2-]C(CN1C(=O)C=CC1=O)CN1C(=O)C=CC1=O.[CH2-]N1C(=O)C=CC1=O.[CH2-]N1C(=O)C=CC1=O.[W].[W]. The summed E-state index contributed by atoms with van der Waals surface area (Å²) in [5.41, 5.74) is 0. The van der Waals surface area contributed by atoms with E-state index in [1.165, 1.54) is 48.6 Å². The van der Waals surface area contributed by atoms with Crippen molar-refractivity contribution in [3.05, 3.63) is 69.6 Å². The normalized spacial score (nSPS) is 17.7. The molecule has 0 N–H and O–H groups in total. The first-order valence-corrected chi connectivity index (χ1v) is 9.55. The van der Waals surface area contributed by atoms with Gasteiger partial charge in [-0.2, -0.15) is 0 Å². The quantitative estimate of drug-likeness (QED) is 0.251. The van der Waals surface area contributed by atoms with Gasteiger partial charge in [-0.05, 0) is 0 Å². The van der Waals surface area contributed by atoms with Crippen LogP contribution >= 0.6 is 0 Å². The van der Waals surface area contributed by atoms with Crippen LogP contribution in [0.15, 0.2) is 48.6 Å². The maximum atomic E-state index is 11.3. The van der Waals surface area contributed by atoms with Crippen molar-refractivity contribution in [3.63, 3.8) is 0 Å². The Hall–Kier alpha value is -3.10. The molecule has 4 aliphatic rings. The maximum Gasteiger partial charge on any atom is 0.253 e. The van der Waals surface area contributed by atoms with Crippen LogP contribution in [0.3, 0.4) is 0 Å². The molecule has 0 saturated carbocycles. The van der Waals surface area contributed by atoms with Crippen molar-refractivity contribution in [2.75, 3.05) is 13.1 Å². The van der Waals surface area contributed by atoms with Crippen molar-refractivity contribution < 1.29 is 80.5 Å². The van der Waals surface area contributed by atoms with Gasteiger partial charge in [-0.1, -0.05) is 0 Å². The second kappa shape index (κ2) is 14.5. The molecule has 0 aromatic rings. The van der Waals surface area contributed by atoms with E-state index in [2.05, 4.69) is 21.0 Å². The largest absolute Gasteiger partial charge is 0.431 e. The Labute approximate surface area is 235 Å². The van der Waals surface area contributed by atoms with E-state index in [0.717, 1.165) is 19.6 Å². The maximum absolute atomic E-state index is 11.3. The molecule has 0 saturated heterocycles. The van der Waals surface area contributed by atoms with Gasteiger partial charge in [0, 0.05) is 104 Å². The molecule has 0 aliphatic carbocycles. The molecule has 0 aromatic heterocycles. The van der Waals surface area contributed by atoms with Gasteiger partial charge < -0.3 is 16.7 Å². The first-order valence-electron chi connectivity index (χ1n) is 9.55. The van der Waals surface area contributed by atoms with Gasteiger partial charge in [0.05, 0.1) is 0 Å². The first-order chi connectivity index (χ1) is 15.9. The molecule has 12 nitrogen and oxygen atoms in total. The number of carbonyl (C=O) groups excluding carboxylic acids is 8. The fourth-order valence-electron chi connectivity index (χ4n) is 2.66. The summed E-state index contributed by atoms with van der Waals surface area (Å²) >= 11 is 0. The van der Waals surface area contributed by atoms with Crippen LogP contribution in [0.4, 0.5) is 0 Å². The van der Waals surface area contributed by atoms with Crippen molar-refractivity contribution in [1.29, 1.82) is 0 Å². The van der Waals surface area contributed by atoms with E-state index in [0.29, 0.717) is 0 Å². The van der Waals surface area contributed by atoms with Gasteiger partial charge in [-0.25, -0.2) is 14.1 Å². The molecule has 0 aromatic carbocycles. The second-order valence-electron chi connectivity index (χ2n) is 6.98. The molecule has 0 bridgehead atoms. The van der Waals surface area contributed by atoms with Gasteiger partial charge >= 0.3 is 0 Å². The molecule has 4 rings (SSSR count). The Kier molecular flexibility index (Phi) is 13.2. The van der Waals surface area contributed by atoms with Gasteiger partial charge in [-0.3, -0.25) is 48.2 Å². The number of carbonyl (C=O) groups is 8. The zero-order valence-electron chi connectivity index (χ0n) is 18.6. The predicted octanol–water partition coefficient (Wildman–Crippen LogP) is -1.31. The van der Waals surface area contributed by atoms with Gasteiger partial charge in [0.1, 0.15) is 0 Å². The molecule has 0 unspecified atom stereocenters. The summed E-state index contributed by atoms with van der Waals surface area (Å²) in [7, 11) is 6.34. The van der Waals surface area contributed by atoms with Crippen molar-refractivity contribution in [2.24, 2.45) is 5.92 Å². The van der Waals surface area contributed by atoms with E-state index in [4.69, 9.17) is 0 Å². The van der Waals surface area contributed by atoms with Crippen LogP contribution in [-0.2, 0) is 80.5 Å². The first kappa shape index (κ1) is 32.9. The molecule has 0 fully saturated rings. The summed E-state index contributed by atoms with van der Waals surface area (Å²) < 4.78 is 0. The number of amides is 8. The molecule has 14 heteroatoms. The van der Waals surface area contributed by atoms with E-state index in [1.54, 1.807) is 0 Å². The number of hydrogen-bond donors (Lipinski definition) is 0. The molecule has 0 atom stereocenters. The number of rotatable bonds is 4. The van der Waals surface area contributed by atoms with Gasteiger partial charge in [-0.15, -0.1) is 5.92 Å². The van der Waals surface area contributed by atoms with E-state index in [-0.39, 0.29) is 78.8 Å². The van der Waals surface area contributed by atoms with Gasteiger partial charge in [0.15, 0.2) is 0 Å². The van der Waals surface area contributed by atoms with Crippen LogP contribution in [0.5, 0.6) is 0 Å². The zero-order chi connectivity index (χ0) is 25.6. The smallest absolute Gasteiger partial charge is 0.253 e. The molecular formula is C22H19N4O8W2-3. The summed E-state index contributed by atoms with van der Waals surface area (Å²) in [6.07, 6.45) is 9.49. The third-order valence-electron chi connectivity index (χ3n) is 4.48. The monoisotopic (exact) mass is 835 g/mol. The van der Waals surface area contributed by atoms with Crippen molar-refractivity contribution >= 4 is 47.3 Å². The minimum Gasteiger partial charge on any atom is -0.431 e. The van der Waals surface area contributed by atoms with Crippen LogP contribution in [0.1, 0.15) is 0 Å². The second-order valence-corrected chi connectivity index (χ2v) is 6.98. The number of imide groups is 4. The molecule has 0 radical (unpaired) electrons. The third kappa shape index (κ3) is 8.53. The Morgan fingerprint density at radius 3 is 0.833 bits per heavy atom. The summed E-state index contributed by atoms with van der Waals surface area (Å²) in [6.45, 7) is 3.93. The predicted molar refractivity (Wildman–Crippen MR) is 113 cm³/mol. The number of nitrogens with zero attached hydrogens (tertiary/aromatic N) is 4. The molecule has 4 aliphatic heterocycles. The average molecular weight is 835 g/mol. The van der Waals surface area contributed by atoms with E-state index >= 15 is 0 Å². The summed E-state index contributed by atoms with van der Waals surface area (Å²) in [5.74, 6) is -3.41. The fraction of sp³-hybridized carbons (Fsp3) is 0.136. The minimum absolute atomic E-state index is 0. The Morgan fingerprint density at radius 2 is 0.667 bits per heavy atom. The van der Waals surface area contributed by atoms with Crippen LogP contribution < -0.4 is 0 Å². The van der Waals surface area contributed by atoms with Crippen LogP contribution in [0, 0.1) is 26.9 Å². The molecule has 190 valence electrons. The standard InChI is InChI=1S/C12H11N2O4.2C5H4NO2.2W/c1-8(6-13-9(15)2-3-10(13)16)7-14-11(17)4-5-12(14)18;2*1-6-4(7)2-3-5(6)8;;/h2-5,8H,1,6-7H2;2*2-3H,1H2;;/q3*-1;;. The molecular weight excluding hydrogens is 816 g/mol. The van der Waals surface area contributed by atoms with Crippen LogP contribution in [0.2, 0.25) is 0 Å². The Morgan fingerprint density at radius 1 is 0.472 bits per heavy atom. The minimum atomic E-state index is -0.411. The summed E-state index contributed by atoms with van der Waals surface area (Å²) in [5, 5.41) is 0. The topological polar surface area (TPSA) is 150 Å². The Bertz CT molecular complexity index is 940. The van der Waals surface area contributed by atoms with Gasteiger partial charge in [0.2, 0.25) is 23.6 Å². The average Bonchev–Trinajstić information content (AvgIpc) is 3.48. The number of hydrogen-bond acceptors (Lipinski definition) is 8. The van der Waals surface area contributed by atoms with E-state index in [1.807, 2.05) is 0 Å². The van der Waals surface area contributed by atoms with Crippen molar-refractivity contribution in [3.8, 4) is 0 Å². The summed E-state index contributed by atoms with van der Waals surface area (Å²) in [6, 6.07) is 0. The van der Waals surface area contributed by atoms with Crippen LogP contribution in [-0.4, -0.2) is 79.9 Å². The summed E-state index contributed by atoms with van der Waals surface area (Å²) in [4.78, 5) is 90.3. The van der Waals surface area contributed by atoms with Gasteiger partial charge in [0.25, 0.3) is 23.6 Å². The molecule has 0 spiro atoms. The third-order valence-corrected chi connectivity index (χ3v) is 4.48. The van der Waals surface area contributed by atoms with E-state index in [9.17, 15) is 38.4 Å². The van der Waals surface area contributed by atoms with Crippen LogP contribution in [0.25, 0.3) is 0 Å². The molecule has 36 heavy (non-hydrogen) atoms.